The number of carbonyl (C=O) groups excluding carboxylic acids is 1. The summed E-state index contributed by atoms with van der Waals surface area (Å²) < 4.78 is 30.7. The normalized spacial score (nSPS) is 15.1. The van der Waals surface area contributed by atoms with Gasteiger partial charge in [-0.15, -0.1) is 0 Å². The van der Waals surface area contributed by atoms with Crippen LogP contribution in [-0.4, -0.2) is 48.0 Å². The molecule has 1 unspecified atom stereocenters. The quantitative estimate of drug-likeness (QED) is 0.545. The van der Waals surface area contributed by atoms with Crippen molar-refractivity contribution in [3.63, 3.8) is 0 Å². The van der Waals surface area contributed by atoms with Gasteiger partial charge in [-0.3, -0.25) is 18.7 Å². The summed E-state index contributed by atoms with van der Waals surface area (Å²) >= 11 is 0. The topological polar surface area (TPSA) is 110 Å². The lowest BCUT2D eigenvalue weighted by Crippen LogP contribution is -2.43. The van der Waals surface area contributed by atoms with E-state index >= 15 is 0 Å². The summed E-state index contributed by atoms with van der Waals surface area (Å²) in [6, 6.07) is 13.6. The van der Waals surface area contributed by atoms with Crippen LogP contribution in [-0.2, 0) is 28.4 Å². The summed E-state index contributed by atoms with van der Waals surface area (Å²) in [4.78, 5) is 40.0. The highest BCUT2D eigenvalue weighted by atomic mass is 32.2. The summed E-state index contributed by atoms with van der Waals surface area (Å²) in [6.07, 6.45) is 1.79. The molecule has 4 rings (SSSR count). The second-order valence-corrected chi connectivity index (χ2v) is 10.4. The Bertz CT molecular complexity index is 1440. The van der Waals surface area contributed by atoms with Gasteiger partial charge in [0.05, 0.1) is 15.8 Å². The Morgan fingerprint density at radius 3 is 2.41 bits per heavy atom. The molecule has 1 saturated heterocycles. The molecule has 0 radical (unpaired) electrons. The first kappa shape index (κ1) is 23.9. The van der Waals surface area contributed by atoms with E-state index in [1.165, 1.54) is 29.8 Å². The van der Waals surface area contributed by atoms with Crippen molar-refractivity contribution in [2.24, 2.45) is 7.05 Å². The highest BCUT2D eigenvalue weighted by molar-refractivity contribution is 7.89. The van der Waals surface area contributed by atoms with Crippen LogP contribution >= 0.6 is 0 Å². The lowest BCUT2D eigenvalue weighted by molar-refractivity contribution is -0.130. The van der Waals surface area contributed by atoms with Crippen LogP contribution in [0, 0.1) is 0 Å². The van der Waals surface area contributed by atoms with E-state index in [1.54, 1.807) is 4.90 Å². The molecule has 1 aromatic heterocycles. The number of likely N-dealkylation sites (tertiary alicyclic amines) is 1. The molecule has 9 nitrogen and oxygen atoms in total. The lowest BCUT2D eigenvalue weighted by atomic mass is 10.0. The van der Waals surface area contributed by atoms with Crippen LogP contribution in [0.15, 0.2) is 63.0 Å². The van der Waals surface area contributed by atoms with Crippen LogP contribution in [0.25, 0.3) is 10.9 Å². The molecule has 180 valence electrons. The Kier molecular flexibility index (Phi) is 6.72. The Hall–Kier alpha value is -3.24. The number of amides is 1. The third-order valence-corrected chi connectivity index (χ3v) is 7.75. The number of nitrogens with one attached hydrogen (secondary N) is 1. The van der Waals surface area contributed by atoms with Gasteiger partial charge < -0.3 is 4.90 Å². The number of benzene rings is 2. The minimum atomic E-state index is -3.90. The molecule has 1 fully saturated rings. The Morgan fingerprint density at radius 2 is 1.74 bits per heavy atom. The minimum absolute atomic E-state index is 0.0499. The highest BCUT2D eigenvalue weighted by Crippen LogP contribution is 2.18. The number of nitrogens with zero attached hydrogens (tertiary/aromatic N) is 3. The van der Waals surface area contributed by atoms with Gasteiger partial charge in [0.25, 0.3) is 5.56 Å². The van der Waals surface area contributed by atoms with Crippen LogP contribution in [0.1, 0.15) is 31.2 Å². The van der Waals surface area contributed by atoms with Gasteiger partial charge in [0.15, 0.2) is 0 Å². The molecule has 1 atom stereocenters. The fraction of sp³-hybridized carbons (Fsp3) is 0.375. The summed E-state index contributed by atoms with van der Waals surface area (Å²) in [6.45, 7) is 2.95. The van der Waals surface area contributed by atoms with Crippen molar-refractivity contribution in [2.75, 3.05) is 19.6 Å². The van der Waals surface area contributed by atoms with E-state index in [2.05, 4.69) is 4.72 Å². The van der Waals surface area contributed by atoms with E-state index in [-0.39, 0.29) is 35.2 Å². The molecule has 1 aliphatic rings. The molecule has 0 saturated carbocycles. The van der Waals surface area contributed by atoms with Crippen molar-refractivity contribution in [1.82, 2.24) is 18.8 Å². The molecule has 1 N–H and O–H groups in total. The van der Waals surface area contributed by atoms with E-state index in [9.17, 15) is 22.8 Å². The van der Waals surface area contributed by atoms with Crippen LogP contribution in [0.5, 0.6) is 0 Å². The zero-order valence-corrected chi connectivity index (χ0v) is 20.0. The van der Waals surface area contributed by atoms with Crippen molar-refractivity contribution in [2.45, 2.75) is 37.1 Å². The van der Waals surface area contributed by atoms with E-state index in [0.717, 1.165) is 23.0 Å². The number of aromatic nitrogens is 2. The molecular weight excluding hydrogens is 456 g/mol. The van der Waals surface area contributed by atoms with Gasteiger partial charge >= 0.3 is 5.69 Å². The maximum Gasteiger partial charge on any atom is 0.331 e. The first-order valence-electron chi connectivity index (χ1n) is 11.2. The number of carbonyl (C=O) groups is 1. The van der Waals surface area contributed by atoms with Crippen molar-refractivity contribution in [3.05, 3.63) is 74.9 Å². The summed E-state index contributed by atoms with van der Waals surface area (Å²) in [5.74, 6) is -0.345. The molecular formula is C24H28N4O5S. The monoisotopic (exact) mass is 484 g/mol. The molecule has 2 aromatic carbocycles. The average molecular weight is 485 g/mol. The van der Waals surface area contributed by atoms with Gasteiger partial charge in [-0.2, -0.15) is 0 Å². The molecule has 1 aliphatic heterocycles. The number of rotatable bonds is 7. The number of fused-ring (bicyclic) bond motifs is 1. The van der Waals surface area contributed by atoms with Crippen molar-refractivity contribution in [1.29, 1.82) is 0 Å². The molecule has 10 heteroatoms. The van der Waals surface area contributed by atoms with E-state index in [0.29, 0.717) is 18.6 Å². The largest absolute Gasteiger partial charge is 0.341 e. The molecule has 1 amide bonds. The molecule has 3 aromatic rings. The van der Waals surface area contributed by atoms with Gasteiger partial charge in [-0.25, -0.2) is 17.9 Å². The van der Waals surface area contributed by atoms with Crippen molar-refractivity contribution < 1.29 is 13.2 Å². The molecule has 34 heavy (non-hydrogen) atoms. The van der Waals surface area contributed by atoms with Gasteiger partial charge in [-0.05, 0) is 42.5 Å². The van der Waals surface area contributed by atoms with Crippen LogP contribution < -0.4 is 16.0 Å². The van der Waals surface area contributed by atoms with Crippen LogP contribution in [0.2, 0.25) is 0 Å². The number of hydrogen-bond acceptors (Lipinski definition) is 5. The number of aryl methyl sites for hydroxylation is 1. The van der Waals surface area contributed by atoms with Crippen LogP contribution in [0.4, 0.5) is 0 Å². The van der Waals surface area contributed by atoms with Crippen LogP contribution in [0.3, 0.4) is 0 Å². The summed E-state index contributed by atoms with van der Waals surface area (Å²) in [7, 11) is -2.41. The van der Waals surface area contributed by atoms with Gasteiger partial charge in [0.1, 0.15) is 6.54 Å². The summed E-state index contributed by atoms with van der Waals surface area (Å²) in [5.41, 5.74) is 0.0107. The van der Waals surface area contributed by atoms with E-state index < -0.39 is 21.3 Å². The predicted octanol–water partition coefficient (Wildman–Crippen LogP) is 1.40. The van der Waals surface area contributed by atoms with Gasteiger partial charge in [0.2, 0.25) is 15.9 Å². The first-order chi connectivity index (χ1) is 16.2. The predicted molar refractivity (Wildman–Crippen MR) is 129 cm³/mol. The average Bonchev–Trinajstić information content (AvgIpc) is 3.39. The lowest BCUT2D eigenvalue weighted by Gasteiger charge is -2.17. The van der Waals surface area contributed by atoms with Crippen molar-refractivity contribution >= 4 is 26.8 Å². The first-order valence-corrected chi connectivity index (χ1v) is 12.7. The molecule has 0 bridgehead atoms. The fourth-order valence-electron chi connectivity index (χ4n) is 4.22. The maximum atomic E-state index is 13.1. The van der Waals surface area contributed by atoms with E-state index in [4.69, 9.17) is 0 Å². The summed E-state index contributed by atoms with van der Waals surface area (Å²) in [5, 5.41) is 0.0651. The third kappa shape index (κ3) is 4.69. The fourth-order valence-corrected chi connectivity index (χ4v) is 5.38. The minimum Gasteiger partial charge on any atom is -0.341 e. The Balaban J connectivity index is 1.65. The van der Waals surface area contributed by atoms with Crippen molar-refractivity contribution in [3.8, 4) is 0 Å². The molecule has 0 aliphatic carbocycles. The Labute approximate surface area is 197 Å². The smallest absolute Gasteiger partial charge is 0.331 e. The maximum absolute atomic E-state index is 13.1. The zero-order valence-electron chi connectivity index (χ0n) is 19.2. The number of hydrogen-bond donors (Lipinski definition) is 1. The highest BCUT2D eigenvalue weighted by Gasteiger charge is 2.22. The number of sulfonamides is 1. The second-order valence-electron chi connectivity index (χ2n) is 8.66. The standard InChI is InChI=1S/C24H28N4O5S/c1-17(18-8-4-3-5-9-18)15-25-34(32,33)19-10-11-21-20(14-19)23(30)28(24(31)26(21)2)16-22(29)27-12-6-7-13-27/h3-5,8-11,14,17,25H,6-7,12-13,15-16H2,1-2H3. The molecule has 0 spiro atoms. The molecule has 2 heterocycles. The third-order valence-electron chi connectivity index (χ3n) is 6.33. The SMILES string of the molecule is CC(CNS(=O)(=O)c1ccc2c(c1)c(=O)n(CC(=O)N1CCCC1)c(=O)n2C)c1ccccc1. The zero-order chi connectivity index (χ0) is 24.5. The second kappa shape index (κ2) is 9.55. The Morgan fingerprint density at radius 1 is 1.06 bits per heavy atom. The van der Waals surface area contributed by atoms with E-state index in [1.807, 2.05) is 37.3 Å². The van der Waals surface area contributed by atoms with Gasteiger partial charge in [-0.1, -0.05) is 37.3 Å². The van der Waals surface area contributed by atoms with Gasteiger partial charge in [0, 0.05) is 26.7 Å².